The van der Waals surface area contributed by atoms with E-state index < -0.39 is 0 Å². The first-order chi connectivity index (χ1) is 16.9. The number of halogens is 1. The minimum Gasteiger partial charge on any atom is -0.491 e. The summed E-state index contributed by atoms with van der Waals surface area (Å²) in [6, 6.07) is 16.6. The minimum atomic E-state index is -0.209. The highest BCUT2D eigenvalue weighted by Gasteiger charge is 2.34. The zero-order valence-electron chi connectivity index (χ0n) is 20.4. The average molecular weight is 511 g/mol. The molecule has 3 aromatic rings. The monoisotopic (exact) mass is 510 g/mol. The van der Waals surface area contributed by atoms with Gasteiger partial charge in [0.25, 0.3) is 5.91 Å². The first-order valence-electron chi connectivity index (χ1n) is 12.0. The van der Waals surface area contributed by atoms with Crippen LogP contribution in [0.1, 0.15) is 52.7 Å². The Kier molecular flexibility index (Phi) is 8.14. The normalized spacial score (nSPS) is 15.9. The van der Waals surface area contributed by atoms with Gasteiger partial charge in [-0.3, -0.25) is 9.59 Å². The van der Waals surface area contributed by atoms with Crippen LogP contribution in [0, 0.1) is 6.92 Å². The standard InChI is InChI=1S/C28H31ClN2O3S/c1-4-20(3)31(28(33)21-8-6-5-7-9-21)17-27(32)30-14-12-26-23(13-15-35-26)25(30)18-34-22-10-11-24(29)19(2)16-22/h5-11,13,15-16,20,25H,4,12,14,17-18H2,1-3H3/t20-,25-/m1/s1. The van der Waals surface area contributed by atoms with Gasteiger partial charge in [0.05, 0.1) is 6.04 Å². The number of ether oxygens (including phenoxy) is 1. The molecule has 0 bridgehead atoms. The predicted molar refractivity (Wildman–Crippen MR) is 141 cm³/mol. The average Bonchev–Trinajstić information content (AvgIpc) is 3.36. The third-order valence-corrected chi connectivity index (χ3v) is 8.08. The Labute approximate surface area is 216 Å². The summed E-state index contributed by atoms with van der Waals surface area (Å²) >= 11 is 7.88. The number of fused-ring (bicyclic) bond motifs is 1. The van der Waals surface area contributed by atoms with Crippen molar-refractivity contribution >= 4 is 34.8 Å². The number of carbonyl (C=O) groups excluding carboxylic acids is 2. The molecule has 1 aliphatic rings. The summed E-state index contributed by atoms with van der Waals surface area (Å²) in [4.78, 5) is 31.8. The number of hydrogen-bond donors (Lipinski definition) is 0. The van der Waals surface area contributed by atoms with Gasteiger partial charge in [-0.15, -0.1) is 11.3 Å². The van der Waals surface area contributed by atoms with Crippen molar-refractivity contribution in [3.8, 4) is 5.75 Å². The number of thiophene rings is 1. The van der Waals surface area contributed by atoms with E-state index in [9.17, 15) is 9.59 Å². The third-order valence-electron chi connectivity index (χ3n) is 6.66. The lowest BCUT2D eigenvalue weighted by molar-refractivity contribution is -0.136. The molecule has 0 aliphatic carbocycles. The molecule has 1 aliphatic heterocycles. The number of hydrogen-bond acceptors (Lipinski definition) is 4. The molecule has 0 fully saturated rings. The summed E-state index contributed by atoms with van der Waals surface area (Å²) in [5.41, 5.74) is 2.67. The second kappa shape index (κ2) is 11.3. The summed E-state index contributed by atoms with van der Waals surface area (Å²) < 4.78 is 6.15. The van der Waals surface area contributed by atoms with Crippen molar-refractivity contribution in [2.45, 2.75) is 45.7 Å². The van der Waals surface area contributed by atoms with Crippen molar-refractivity contribution in [2.75, 3.05) is 19.7 Å². The smallest absolute Gasteiger partial charge is 0.254 e. The van der Waals surface area contributed by atoms with Gasteiger partial charge in [-0.25, -0.2) is 0 Å². The predicted octanol–water partition coefficient (Wildman–Crippen LogP) is 6.16. The van der Waals surface area contributed by atoms with E-state index in [-0.39, 0.29) is 30.4 Å². The Balaban J connectivity index is 1.55. The van der Waals surface area contributed by atoms with Crippen molar-refractivity contribution in [1.29, 1.82) is 0 Å². The van der Waals surface area contributed by atoms with Gasteiger partial charge in [0.2, 0.25) is 5.91 Å². The van der Waals surface area contributed by atoms with E-state index in [4.69, 9.17) is 16.3 Å². The molecular weight excluding hydrogens is 480 g/mol. The number of nitrogens with zero attached hydrogens (tertiary/aromatic N) is 2. The molecule has 2 aromatic carbocycles. The van der Waals surface area contributed by atoms with Crippen LogP contribution in [0.3, 0.4) is 0 Å². The van der Waals surface area contributed by atoms with Gasteiger partial charge >= 0.3 is 0 Å². The largest absolute Gasteiger partial charge is 0.491 e. The Morgan fingerprint density at radius 2 is 1.97 bits per heavy atom. The van der Waals surface area contributed by atoms with Gasteiger partial charge < -0.3 is 14.5 Å². The fraction of sp³-hybridized carbons (Fsp3) is 0.357. The number of rotatable bonds is 8. The highest BCUT2D eigenvalue weighted by atomic mass is 35.5. The van der Waals surface area contributed by atoms with Crippen molar-refractivity contribution in [3.63, 3.8) is 0 Å². The van der Waals surface area contributed by atoms with E-state index in [1.54, 1.807) is 28.4 Å². The highest BCUT2D eigenvalue weighted by Crippen LogP contribution is 2.34. The molecule has 0 radical (unpaired) electrons. The van der Waals surface area contributed by atoms with Crippen LogP contribution in [0.5, 0.6) is 5.75 Å². The van der Waals surface area contributed by atoms with Crippen LogP contribution in [0.15, 0.2) is 60.0 Å². The van der Waals surface area contributed by atoms with Crippen molar-refractivity contribution in [1.82, 2.24) is 9.80 Å². The third kappa shape index (κ3) is 5.71. The summed E-state index contributed by atoms with van der Waals surface area (Å²) in [6.45, 7) is 6.95. The van der Waals surface area contributed by atoms with Crippen LogP contribution in [0.25, 0.3) is 0 Å². The molecule has 184 valence electrons. The highest BCUT2D eigenvalue weighted by molar-refractivity contribution is 7.10. The fourth-order valence-electron chi connectivity index (χ4n) is 4.39. The minimum absolute atomic E-state index is 0.0404. The van der Waals surface area contributed by atoms with Crippen LogP contribution < -0.4 is 4.74 Å². The topological polar surface area (TPSA) is 49.9 Å². The Morgan fingerprint density at radius 3 is 2.69 bits per heavy atom. The zero-order chi connectivity index (χ0) is 24.9. The Morgan fingerprint density at radius 1 is 1.20 bits per heavy atom. The molecular formula is C28H31ClN2O3S. The molecule has 0 spiro atoms. The lowest BCUT2D eigenvalue weighted by Crippen LogP contribution is -2.49. The van der Waals surface area contributed by atoms with E-state index in [0.29, 0.717) is 23.7 Å². The summed E-state index contributed by atoms with van der Waals surface area (Å²) in [6.07, 6.45) is 1.58. The molecule has 0 saturated heterocycles. The van der Waals surface area contributed by atoms with Crippen molar-refractivity contribution in [2.24, 2.45) is 0 Å². The van der Waals surface area contributed by atoms with Crippen LogP contribution >= 0.6 is 22.9 Å². The van der Waals surface area contributed by atoms with Gasteiger partial charge in [0, 0.05) is 28.0 Å². The van der Waals surface area contributed by atoms with Gasteiger partial charge in [0.1, 0.15) is 18.9 Å². The Hall–Kier alpha value is -2.83. The maximum atomic E-state index is 13.7. The molecule has 0 N–H and O–H groups in total. The van der Waals surface area contributed by atoms with E-state index in [2.05, 4.69) is 11.4 Å². The zero-order valence-corrected chi connectivity index (χ0v) is 21.9. The van der Waals surface area contributed by atoms with Crippen molar-refractivity contribution in [3.05, 3.63) is 86.6 Å². The summed E-state index contributed by atoms with van der Waals surface area (Å²) in [5, 5.41) is 2.77. The number of amides is 2. The van der Waals surface area contributed by atoms with Crippen LogP contribution in [-0.2, 0) is 11.2 Å². The maximum Gasteiger partial charge on any atom is 0.254 e. The first kappa shape index (κ1) is 25.3. The van der Waals surface area contributed by atoms with Crippen LogP contribution in [0.2, 0.25) is 5.02 Å². The number of aryl methyl sites for hydroxylation is 1. The van der Waals surface area contributed by atoms with Gasteiger partial charge in [-0.05, 0) is 79.6 Å². The second-order valence-corrected chi connectivity index (χ2v) is 10.3. The lowest BCUT2D eigenvalue weighted by Gasteiger charge is -2.38. The summed E-state index contributed by atoms with van der Waals surface area (Å²) in [5.74, 6) is 0.542. The Bertz CT molecular complexity index is 1180. The molecule has 4 rings (SSSR count). The van der Waals surface area contributed by atoms with Gasteiger partial charge in [-0.2, -0.15) is 0 Å². The quantitative estimate of drug-likeness (QED) is 0.365. The van der Waals surface area contributed by atoms with E-state index >= 15 is 0 Å². The second-order valence-electron chi connectivity index (χ2n) is 8.93. The van der Waals surface area contributed by atoms with E-state index in [0.717, 1.165) is 29.7 Å². The number of carbonyl (C=O) groups is 2. The van der Waals surface area contributed by atoms with Gasteiger partial charge in [-0.1, -0.05) is 36.7 Å². The SMILES string of the molecule is CC[C@@H](C)N(CC(=O)N1CCc2sccc2[C@H]1COc1ccc(Cl)c(C)c1)C(=O)c1ccccc1. The van der Waals surface area contributed by atoms with Crippen LogP contribution in [-0.4, -0.2) is 47.4 Å². The fourth-order valence-corrected chi connectivity index (χ4v) is 5.43. The summed E-state index contributed by atoms with van der Waals surface area (Å²) in [7, 11) is 0. The lowest BCUT2D eigenvalue weighted by atomic mass is 10.00. The van der Waals surface area contributed by atoms with Crippen molar-refractivity contribution < 1.29 is 14.3 Å². The number of benzene rings is 2. The molecule has 0 unspecified atom stereocenters. The van der Waals surface area contributed by atoms with Crippen LogP contribution in [0.4, 0.5) is 0 Å². The maximum absolute atomic E-state index is 13.7. The van der Waals surface area contributed by atoms with E-state index in [1.807, 2.05) is 62.1 Å². The molecule has 35 heavy (non-hydrogen) atoms. The van der Waals surface area contributed by atoms with Gasteiger partial charge in [0.15, 0.2) is 0 Å². The molecule has 1 aromatic heterocycles. The molecule has 2 heterocycles. The first-order valence-corrected chi connectivity index (χ1v) is 13.3. The molecule has 0 saturated carbocycles. The molecule has 2 atom stereocenters. The molecule has 5 nitrogen and oxygen atoms in total. The van der Waals surface area contributed by atoms with E-state index in [1.165, 1.54) is 4.88 Å². The molecule has 7 heteroatoms. The molecule has 2 amide bonds.